The Hall–Kier alpha value is 0.820. The molecule has 1 radical (unpaired) electrons. The fraction of sp³-hybridized carbons (Fsp3) is 0. The van der Waals surface area contributed by atoms with Gasteiger partial charge in [0.1, 0.15) is 0 Å². The van der Waals surface area contributed by atoms with Crippen LogP contribution >= 0.6 is 0 Å². The molecule has 0 aliphatic carbocycles. The van der Waals surface area contributed by atoms with Crippen LogP contribution in [0.25, 0.3) is 0 Å². The molecule has 0 aromatic rings. The van der Waals surface area contributed by atoms with E-state index in [1.165, 1.54) is 0 Å². The van der Waals surface area contributed by atoms with Crippen molar-refractivity contribution in [3.8, 4) is 0 Å². The summed E-state index contributed by atoms with van der Waals surface area (Å²) in [5.74, 6) is 0. The Morgan fingerprint density at radius 2 is 1.20 bits per heavy atom. The second kappa shape index (κ2) is 21.2. The van der Waals surface area contributed by atoms with Gasteiger partial charge in [-0.1, -0.05) is 0 Å². The van der Waals surface area contributed by atoms with Gasteiger partial charge >= 0.3 is 22.5 Å². The molecule has 0 saturated carbocycles. The van der Waals surface area contributed by atoms with Crippen LogP contribution in [0.3, 0.4) is 0 Å². The molecule has 0 aliphatic heterocycles. The molecule has 0 aliphatic rings. The normalized spacial score (nSPS) is 2.40. The minimum absolute atomic E-state index is 0. The van der Waals surface area contributed by atoms with E-state index >= 15 is 0 Å². The van der Waals surface area contributed by atoms with Gasteiger partial charge in [-0.25, -0.2) is 0 Å². The van der Waals surface area contributed by atoms with Gasteiger partial charge in [-0.2, -0.15) is 0 Å². The molecule has 5 heavy (non-hydrogen) atoms. The first kappa shape index (κ1) is 17.0. The van der Waals surface area contributed by atoms with Gasteiger partial charge in [-0.05, 0) is 0 Å². The predicted octanol–water partition coefficient (Wildman–Crippen LogP) is -1.07. The topological polar surface area (TPSA) is 65.6 Å². The molecule has 0 rings (SSSR count). The molecule has 0 bridgehead atoms. The Bertz CT molecular complexity index is 27.9. The fourth-order valence-corrected chi connectivity index (χ4v) is 0. The quantitative estimate of drug-likeness (QED) is 0.481. The Morgan fingerprint density at radius 3 is 1.20 bits per heavy atom. The van der Waals surface area contributed by atoms with Crippen LogP contribution in [0, 0.1) is 0 Å². The standard InChI is InChI=1S/Ag.Mn.H2O.2O/h;;1H2;;. The van der Waals surface area contributed by atoms with Crippen LogP contribution in [-0.2, 0) is 44.9 Å². The average molecular weight is 213 g/mol. The molecular weight excluding hydrogens is 211 g/mol. The number of rotatable bonds is 0. The van der Waals surface area contributed by atoms with Gasteiger partial charge in [0, 0.05) is 22.4 Å². The van der Waals surface area contributed by atoms with E-state index in [2.05, 4.69) is 0 Å². The van der Waals surface area contributed by atoms with E-state index in [9.17, 15) is 0 Å². The molecular formula is H2AgMnO3. The van der Waals surface area contributed by atoms with Gasteiger partial charge < -0.3 is 5.48 Å². The van der Waals surface area contributed by atoms with Crippen molar-refractivity contribution in [2.24, 2.45) is 0 Å². The minimum atomic E-state index is -1.44. The first-order valence-corrected chi connectivity index (χ1v) is 1.27. The first-order valence-electron chi connectivity index (χ1n) is 0.309. The van der Waals surface area contributed by atoms with Crippen LogP contribution in [0.1, 0.15) is 0 Å². The molecule has 38 valence electrons. The number of hydrogen-bond donors (Lipinski definition) is 0. The first-order chi connectivity index (χ1) is 1.41. The molecule has 0 heterocycles. The SMILES string of the molecule is O.[Ag].[O]=[Mn]=[O]. The molecule has 2 N–H and O–H groups in total. The third-order valence-electron chi connectivity index (χ3n) is 0. The van der Waals surface area contributed by atoms with Gasteiger partial charge in [0.25, 0.3) is 0 Å². The Kier molecular flexibility index (Phi) is 72.2. The Labute approximate surface area is 50.5 Å². The fourth-order valence-electron chi connectivity index (χ4n) is 0. The summed E-state index contributed by atoms with van der Waals surface area (Å²) < 4.78 is 16.8. The summed E-state index contributed by atoms with van der Waals surface area (Å²) in [4.78, 5) is 0. The third kappa shape index (κ3) is 57.0. The summed E-state index contributed by atoms with van der Waals surface area (Å²) in [6.07, 6.45) is 0. The van der Waals surface area contributed by atoms with E-state index < -0.39 is 14.8 Å². The maximum atomic E-state index is 8.41. The van der Waals surface area contributed by atoms with Crippen molar-refractivity contribution in [3.63, 3.8) is 0 Å². The van der Waals surface area contributed by atoms with Gasteiger partial charge in [0.05, 0.1) is 0 Å². The van der Waals surface area contributed by atoms with Gasteiger partial charge in [0.2, 0.25) is 0 Å². The molecule has 3 nitrogen and oxygen atoms in total. The van der Waals surface area contributed by atoms with Crippen molar-refractivity contribution in [1.29, 1.82) is 0 Å². The van der Waals surface area contributed by atoms with Crippen molar-refractivity contribution >= 4 is 0 Å². The molecule has 0 saturated heterocycles. The second-order valence-corrected chi connectivity index (χ2v) is 0.260. The summed E-state index contributed by atoms with van der Waals surface area (Å²) >= 11 is -1.44. The van der Waals surface area contributed by atoms with E-state index in [1.54, 1.807) is 0 Å². The van der Waals surface area contributed by atoms with Crippen LogP contribution < -0.4 is 0 Å². The maximum absolute atomic E-state index is 8.41. The molecule has 5 heteroatoms. The monoisotopic (exact) mass is 212 g/mol. The summed E-state index contributed by atoms with van der Waals surface area (Å²) in [5.41, 5.74) is 0. The van der Waals surface area contributed by atoms with Crippen molar-refractivity contribution in [1.82, 2.24) is 0 Å². The van der Waals surface area contributed by atoms with E-state index in [0.717, 1.165) is 0 Å². The zero-order valence-electron chi connectivity index (χ0n) is 2.00. The van der Waals surface area contributed by atoms with Crippen molar-refractivity contribution < 1.29 is 50.3 Å². The Balaban J connectivity index is -0.0000000200. The van der Waals surface area contributed by atoms with Crippen molar-refractivity contribution in [2.75, 3.05) is 0 Å². The van der Waals surface area contributed by atoms with Crippen LogP contribution in [0.4, 0.5) is 0 Å². The van der Waals surface area contributed by atoms with Gasteiger partial charge in [-0.3, -0.25) is 0 Å². The van der Waals surface area contributed by atoms with E-state index in [0.29, 0.717) is 0 Å². The summed E-state index contributed by atoms with van der Waals surface area (Å²) in [7, 11) is 0. The second-order valence-electron chi connectivity index (χ2n) is 0.0630. The third-order valence-corrected chi connectivity index (χ3v) is 0. The zero-order valence-corrected chi connectivity index (χ0v) is 4.66. The van der Waals surface area contributed by atoms with E-state index in [1.807, 2.05) is 0 Å². The van der Waals surface area contributed by atoms with E-state index in [4.69, 9.17) is 7.67 Å². The van der Waals surface area contributed by atoms with Crippen LogP contribution in [0.15, 0.2) is 0 Å². The number of hydrogen-bond acceptors (Lipinski definition) is 2. The summed E-state index contributed by atoms with van der Waals surface area (Å²) in [6, 6.07) is 0. The van der Waals surface area contributed by atoms with E-state index in [-0.39, 0.29) is 27.9 Å². The molecule has 0 aromatic heterocycles. The average Bonchev–Trinajstić information content (AvgIpc) is 0.918. The predicted molar refractivity (Wildman–Crippen MR) is 4.99 cm³/mol. The van der Waals surface area contributed by atoms with Crippen molar-refractivity contribution in [3.05, 3.63) is 0 Å². The molecule has 0 atom stereocenters. The summed E-state index contributed by atoms with van der Waals surface area (Å²) in [6.45, 7) is 0. The molecule has 0 fully saturated rings. The molecule has 0 spiro atoms. The molecule has 0 unspecified atom stereocenters. The van der Waals surface area contributed by atoms with Gasteiger partial charge in [-0.15, -0.1) is 0 Å². The van der Waals surface area contributed by atoms with Gasteiger partial charge in [0.15, 0.2) is 0 Å². The zero-order chi connectivity index (χ0) is 2.71. The van der Waals surface area contributed by atoms with Crippen molar-refractivity contribution in [2.45, 2.75) is 0 Å². The molecule has 0 aromatic carbocycles. The van der Waals surface area contributed by atoms with Crippen LogP contribution in [0.5, 0.6) is 0 Å². The van der Waals surface area contributed by atoms with Crippen LogP contribution in [0.2, 0.25) is 0 Å². The van der Waals surface area contributed by atoms with Crippen LogP contribution in [-0.4, -0.2) is 5.48 Å². The summed E-state index contributed by atoms with van der Waals surface area (Å²) in [5, 5.41) is 0. The Morgan fingerprint density at radius 1 is 1.20 bits per heavy atom. The molecule has 0 amide bonds.